The number of rotatable bonds is 23. The van der Waals surface area contributed by atoms with E-state index in [4.69, 9.17) is 25.3 Å². The van der Waals surface area contributed by atoms with Crippen LogP contribution in [0.1, 0.15) is 32.9 Å². The Kier molecular flexibility index (Phi) is 17.6. The molecule has 320 valence electrons. The lowest BCUT2D eigenvalue weighted by atomic mass is 9.87. The van der Waals surface area contributed by atoms with Gasteiger partial charge in [-0.3, -0.25) is 37.3 Å². The number of nitrogen functional groups attached to an aromatic ring is 1. The van der Waals surface area contributed by atoms with E-state index in [-0.39, 0.29) is 42.2 Å². The number of hydrogen-bond acceptors (Lipinski definition) is 20. The number of hydrogen-bond donors (Lipinski definition) is 10. The number of allylic oxidation sites excluding steroid dienone is 1. The standard InChI is InChI=1S/C27H43N8O18P3S/c1-27(2,21(39)24(40)31-8-6-17(37)30-9-10-57-26(41)15(36)5-3-4-7-28)12-50-56(47,48)53-55(45,46)49-11-16-20(52-54(42,43)44)19(38)25(51-16)35-14-34-18-22(29)32-13-33-23(18)35/h3,5,13-14,16,19-21,25,38-39H,4,6-12,28H2,1-2H3,(H,30,37)(H,31,40)(H,45,46)(H,47,48)(H2,29,32,33)(H2,42,43,44)/t16-,19-,20-,21+,25-/m1/s1. The summed E-state index contributed by atoms with van der Waals surface area (Å²) in [5, 5.41) is 25.5. The van der Waals surface area contributed by atoms with Gasteiger partial charge in [-0.25, -0.2) is 28.6 Å². The van der Waals surface area contributed by atoms with Crippen molar-refractivity contribution < 1.29 is 85.3 Å². The summed E-state index contributed by atoms with van der Waals surface area (Å²) in [6.07, 6.45) is -4.07. The van der Waals surface area contributed by atoms with Gasteiger partial charge in [0.25, 0.3) is 5.12 Å². The number of nitrogens with one attached hydrogen (secondary N) is 2. The third-order valence-electron chi connectivity index (χ3n) is 7.54. The maximum absolute atomic E-state index is 12.7. The van der Waals surface area contributed by atoms with Crippen LogP contribution in [0.2, 0.25) is 0 Å². The molecule has 0 aliphatic carbocycles. The van der Waals surface area contributed by atoms with E-state index >= 15 is 0 Å². The van der Waals surface area contributed by atoms with Gasteiger partial charge in [-0.05, 0) is 19.0 Å². The fourth-order valence-corrected chi connectivity index (χ4v) is 8.13. The van der Waals surface area contributed by atoms with Gasteiger partial charge in [-0.2, -0.15) is 4.31 Å². The molecule has 2 unspecified atom stereocenters. The van der Waals surface area contributed by atoms with E-state index in [2.05, 4.69) is 34.4 Å². The maximum atomic E-state index is 12.7. The molecule has 3 rings (SSSR count). The van der Waals surface area contributed by atoms with Gasteiger partial charge in [-0.15, -0.1) is 0 Å². The highest BCUT2D eigenvalue weighted by atomic mass is 32.2. The Labute approximate surface area is 327 Å². The number of amides is 2. The summed E-state index contributed by atoms with van der Waals surface area (Å²) in [6.45, 7) is 0.482. The van der Waals surface area contributed by atoms with Crippen LogP contribution in [0.5, 0.6) is 0 Å². The summed E-state index contributed by atoms with van der Waals surface area (Å²) in [7, 11) is -16.4. The summed E-state index contributed by atoms with van der Waals surface area (Å²) < 4.78 is 62.0. The van der Waals surface area contributed by atoms with Crippen molar-refractivity contribution in [2.45, 2.75) is 57.3 Å². The first-order valence-electron chi connectivity index (χ1n) is 16.4. The zero-order valence-corrected chi connectivity index (χ0v) is 33.6. The average Bonchev–Trinajstić information content (AvgIpc) is 3.68. The molecule has 0 spiro atoms. The normalized spacial score (nSPS) is 21.6. The quantitative estimate of drug-likeness (QED) is 0.0253. The summed E-state index contributed by atoms with van der Waals surface area (Å²) >= 11 is 0.704. The number of nitrogens with two attached hydrogens (primary N) is 2. The minimum absolute atomic E-state index is 0.0205. The highest BCUT2D eigenvalue weighted by Gasteiger charge is 2.50. The van der Waals surface area contributed by atoms with E-state index in [1.165, 1.54) is 19.9 Å². The van der Waals surface area contributed by atoms with Gasteiger partial charge in [-0.1, -0.05) is 31.7 Å². The van der Waals surface area contributed by atoms with Gasteiger partial charge in [0, 0.05) is 30.7 Å². The first-order valence-corrected chi connectivity index (χ1v) is 21.9. The van der Waals surface area contributed by atoms with Gasteiger partial charge in [0.1, 0.15) is 36.3 Å². The number of ether oxygens (including phenoxy) is 1. The Balaban J connectivity index is 1.48. The molecule has 26 nitrogen and oxygen atoms in total. The molecular formula is C27H43N8O18P3S. The number of aromatic nitrogens is 4. The van der Waals surface area contributed by atoms with Crippen molar-refractivity contribution in [1.82, 2.24) is 30.2 Å². The van der Waals surface area contributed by atoms with Crippen molar-refractivity contribution in [2.75, 3.05) is 44.3 Å². The number of fused-ring (bicyclic) bond motifs is 1. The van der Waals surface area contributed by atoms with E-state index in [9.17, 15) is 62.7 Å². The Bertz CT molecular complexity index is 1930. The highest BCUT2D eigenvalue weighted by molar-refractivity contribution is 8.15. The molecule has 1 fully saturated rings. The molecule has 0 saturated carbocycles. The number of imidazole rings is 1. The zero-order chi connectivity index (χ0) is 42.8. The van der Waals surface area contributed by atoms with Crippen molar-refractivity contribution >= 4 is 74.9 Å². The average molecular weight is 893 g/mol. The number of aliphatic hydroxyl groups excluding tert-OH is 2. The number of phosphoric ester groups is 3. The molecule has 2 amide bonds. The predicted octanol–water partition coefficient (Wildman–Crippen LogP) is -1.86. The molecule has 3 heterocycles. The number of anilines is 1. The van der Waals surface area contributed by atoms with Gasteiger partial charge in [0.2, 0.25) is 17.6 Å². The molecule has 57 heavy (non-hydrogen) atoms. The molecule has 7 atom stereocenters. The SMILES string of the molecule is CC(C)(COP(=O)(O)OP(=O)(O)OC[C@H]1O[C@@H](n2cnc3c(N)ncnc32)[C@H](O)[C@@H]1OP(=O)(O)O)[C@@H](O)C(=O)NCCC(=O)NCCSC(=O)C(=O)C=CCCN. The van der Waals surface area contributed by atoms with Crippen LogP contribution in [0.15, 0.2) is 24.8 Å². The fourth-order valence-electron chi connectivity index (χ4n) is 4.70. The number of thioether (sulfide) groups is 1. The molecule has 1 aliphatic rings. The summed E-state index contributed by atoms with van der Waals surface area (Å²) in [5.74, 6) is -2.22. The highest BCUT2D eigenvalue weighted by Crippen LogP contribution is 2.61. The largest absolute Gasteiger partial charge is 0.481 e. The summed E-state index contributed by atoms with van der Waals surface area (Å²) in [4.78, 5) is 98.9. The smallest absolute Gasteiger partial charge is 0.386 e. The molecule has 2 aromatic heterocycles. The van der Waals surface area contributed by atoms with Crippen LogP contribution >= 0.6 is 35.2 Å². The zero-order valence-electron chi connectivity index (χ0n) is 30.1. The van der Waals surface area contributed by atoms with Crippen LogP contribution < -0.4 is 22.1 Å². The summed E-state index contributed by atoms with van der Waals surface area (Å²) in [6, 6.07) is 0. The molecule has 0 bridgehead atoms. The van der Waals surface area contributed by atoms with Crippen LogP contribution in [-0.2, 0) is 55.5 Å². The first kappa shape index (κ1) is 48.3. The van der Waals surface area contributed by atoms with Crippen molar-refractivity contribution in [1.29, 1.82) is 0 Å². The molecule has 2 aromatic rings. The maximum Gasteiger partial charge on any atom is 0.481 e. The Morgan fingerprint density at radius 3 is 2.42 bits per heavy atom. The monoisotopic (exact) mass is 892 g/mol. The van der Waals surface area contributed by atoms with E-state index in [0.717, 1.165) is 23.3 Å². The second-order valence-electron chi connectivity index (χ2n) is 12.5. The fraction of sp³-hybridized carbons (Fsp3) is 0.593. The molecule has 30 heteroatoms. The Morgan fingerprint density at radius 1 is 1.07 bits per heavy atom. The molecule has 12 N–H and O–H groups in total. The van der Waals surface area contributed by atoms with E-state index < -0.39 is 95.5 Å². The van der Waals surface area contributed by atoms with Crippen molar-refractivity contribution in [3.8, 4) is 0 Å². The van der Waals surface area contributed by atoms with Crippen molar-refractivity contribution in [3.05, 3.63) is 24.8 Å². The second-order valence-corrected chi connectivity index (χ2v) is 17.9. The first-order chi connectivity index (χ1) is 26.5. The van der Waals surface area contributed by atoms with E-state index in [1.54, 1.807) is 0 Å². The van der Waals surface area contributed by atoms with E-state index in [1.807, 2.05) is 0 Å². The number of phosphoric acid groups is 3. The van der Waals surface area contributed by atoms with Crippen LogP contribution in [-0.4, -0.2) is 135 Å². The lowest BCUT2D eigenvalue weighted by molar-refractivity contribution is -0.137. The van der Waals surface area contributed by atoms with Crippen LogP contribution in [0.4, 0.5) is 5.82 Å². The number of aliphatic hydroxyl groups is 2. The molecule has 1 aliphatic heterocycles. The predicted molar refractivity (Wildman–Crippen MR) is 195 cm³/mol. The number of carbonyl (C=O) groups is 4. The van der Waals surface area contributed by atoms with Gasteiger partial charge >= 0.3 is 23.5 Å². The van der Waals surface area contributed by atoms with Crippen molar-refractivity contribution in [2.24, 2.45) is 11.1 Å². The Hall–Kier alpha value is -3.07. The topological polar surface area (TPSA) is 407 Å². The molecular weight excluding hydrogens is 849 g/mol. The molecule has 0 aromatic carbocycles. The lowest BCUT2D eigenvalue weighted by Gasteiger charge is -2.30. The minimum Gasteiger partial charge on any atom is -0.386 e. The third-order valence-corrected chi connectivity index (χ3v) is 11.5. The number of ketones is 1. The van der Waals surface area contributed by atoms with Gasteiger partial charge < -0.3 is 56.6 Å². The minimum atomic E-state index is -5.59. The molecule has 0 radical (unpaired) electrons. The van der Waals surface area contributed by atoms with Crippen LogP contribution in [0, 0.1) is 5.41 Å². The van der Waals surface area contributed by atoms with Gasteiger partial charge in [0.15, 0.2) is 17.7 Å². The second kappa shape index (κ2) is 20.8. The summed E-state index contributed by atoms with van der Waals surface area (Å²) in [5.41, 5.74) is 9.50. The van der Waals surface area contributed by atoms with Crippen LogP contribution in [0.3, 0.4) is 0 Å². The van der Waals surface area contributed by atoms with E-state index in [0.29, 0.717) is 24.7 Å². The van der Waals surface area contributed by atoms with Gasteiger partial charge in [0.05, 0.1) is 19.5 Å². The van der Waals surface area contributed by atoms with Crippen LogP contribution in [0.25, 0.3) is 11.2 Å². The number of carbonyl (C=O) groups excluding carboxylic acids is 4. The third kappa shape index (κ3) is 14.9. The Morgan fingerprint density at radius 2 is 1.75 bits per heavy atom. The number of nitrogens with zero attached hydrogens (tertiary/aromatic N) is 4. The lowest BCUT2D eigenvalue weighted by Crippen LogP contribution is -2.46. The van der Waals surface area contributed by atoms with Crippen molar-refractivity contribution in [3.63, 3.8) is 0 Å². The molecule has 1 saturated heterocycles.